The number of carbonyl (C=O) groups excluding carboxylic acids is 1. The van der Waals surface area contributed by atoms with Crippen molar-refractivity contribution in [2.45, 2.75) is 26.4 Å². The SMILES string of the molecule is CCN(CCN(C)c1nccc(C(C)(C)O)n1)C(=O)c1cccnc1-c1ccccc1. The van der Waals surface area contributed by atoms with Crippen molar-refractivity contribution in [3.8, 4) is 11.3 Å². The molecule has 0 saturated carbocycles. The predicted molar refractivity (Wildman–Crippen MR) is 122 cm³/mol. The number of aromatic nitrogens is 3. The molecule has 1 amide bonds. The maximum Gasteiger partial charge on any atom is 0.256 e. The summed E-state index contributed by atoms with van der Waals surface area (Å²) in [4.78, 5) is 30.2. The molecule has 31 heavy (non-hydrogen) atoms. The average Bonchev–Trinajstić information content (AvgIpc) is 2.79. The lowest BCUT2D eigenvalue weighted by molar-refractivity contribution is 0.0738. The second-order valence-corrected chi connectivity index (χ2v) is 7.87. The molecule has 0 radical (unpaired) electrons. The van der Waals surface area contributed by atoms with Gasteiger partial charge in [-0.05, 0) is 39.0 Å². The quantitative estimate of drug-likeness (QED) is 0.603. The lowest BCUT2D eigenvalue weighted by Crippen LogP contribution is -2.38. The molecule has 1 N–H and O–H groups in total. The maximum atomic E-state index is 13.3. The average molecular weight is 420 g/mol. The minimum Gasteiger partial charge on any atom is -0.384 e. The Kier molecular flexibility index (Phi) is 6.97. The lowest BCUT2D eigenvalue weighted by Gasteiger charge is -2.26. The molecule has 7 nitrogen and oxygen atoms in total. The Labute approximate surface area is 183 Å². The van der Waals surface area contributed by atoms with Gasteiger partial charge in [0.1, 0.15) is 5.60 Å². The second kappa shape index (κ2) is 9.66. The molecular formula is C24H29N5O2. The number of anilines is 1. The van der Waals surface area contributed by atoms with Gasteiger partial charge in [-0.25, -0.2) is 9.97 Å². The van der Waals surface area contributed by atoms with Gasteiger partial charge in [0, 0.05) is 44.6 Å². The fourth-order valence-corrected chi connectivity index (χ4v) is 3.22. The summed E-state index contributed by atoms with van der Waals surface area (Å²) < 4.78 is 0. The van der Waals surface area contributed by atoms with Gasteiger partial charge in [0.2, 0.25) is 5.95 Å². The van der Waals surface area contributed by atoms with Gasteiger partial charge >= 0.3 is 0 Å². The van der Waals surface area contributed by atoms with Crippen LogP contribution in [0.3, 0.4) is 0 Å². The Morgan fingerprint density at radius 2 is 1.74 bits per heavy atom. The van der Waals surface area contributed by atoms with Crippen molar-refractivity contribution in [1.82, 2.24) is 19.9 Å². The zero-order valence-electron chi connectivity index (χ0n) is 18.5. The van der Waals surface area contributed by atoms with E-state index in [-0.39, 0.29) is 5.91 Å². The summed E-state index contributed by atoms with van der Waals surface area (Å²) in [6.45, 7) is 6.97. The van der Waals surface area contributed by atoms with E-state index in [9.17, 15) is 9.90 Å². The van der Waals surface area contributed by atoms with Crippen molar-refractivity contribution in [1.29, 1.82) is 0 Å². The van der Waals surface area contributed by atoms with Gasteiger partial charge in [-0.1, -0.05) is 30.3 Å². The van der Waals surface area contributed by atoms with Crippen LogP contribution in [0, 0.1) is 0 Å². The number of hydrogen-bond acceptors (Lipinski definition) is 6. The van der Waals surface area contributed by atoms with Gasteiger partial charge in [-0.3, -0.25) is 9.78 Å². The van der Waals surface area contributed by atoms with Crippen LogP contribution in [0.25, 0.3) is 11.3 Å². The van der Waals surface area contributed by atoms with E-state index < -0.39 is 5.60 Å². The summed E-state index contributed by atoms with van der Waals surface area (Å²) in [6, 6.07) is 15.0. The van der Waals surface area contributed by atoms with Crippen LogP contribution >= 0.6 is 0 Å². The minimum atomic E-state index is -1.04. The van der Waals surface area contributed by atoms with E-state index in [0.29, 0.717) is 42.5 Å². The molecule has 0 aliphatic carbocycles. The fraction of sp³-hybridized carbons (Fsp3) is 0.333. The first-order valence-electron chi connectivity index (χ1n) is 10.4. The molecule has 2 heterocycles. The van der Waals surface area contributed by atoms with Crippen molar-refractivity contribution in [2.75, 3.05) is 31.6 Å². The van der Waals surface area contributed by atoms with Crippen LogP contribution < -0.4 is 4.90 Å². The summed E-state index contributed by atoms with van der Waals surface area (Å²) in [5.74, 6) is 0.448. The molecule has 1 aromatic carbocycles. The third kappa shape index (κ3) is 5.44. The summed E-state index contributed by atoms with van der Waals surface area (Å²) in [5.41, 5.74) is 1.68. The molecule has 0 aliphatic rings. The number of aliphatic hydroxyl groups is 1. The Morgan fingerprint density at radius 3 is 2.42 bits per heavy atom. The fourth-order valence-electron chi connectivity index (χ4n) is 3.22. The summed E-state index contributed by atoms with van der Waals surface area (Å²) in [6.07, 6.45) is 3.34. The number of amides is 1. The Balaban J connectivity index is 1.75. The van der Waals surface area contributed by atoms with Gasteiger partial charge < -0.3 is 14.9 Å². The molecular weight excluding hydrogens is 390 g/mol. The first-order chi connectivity index (χ1) is 14.8. The monoisotopic (exact) mass is 419 g/mol. The molecule has 0 spiro atoms. The van der Waals surface area contributed by atoms with Crippen LogP contribution in [0.1, 0.15) is 36.8 Å². The highest BCUT2D eigenvalue weighted by atomic mass is 16.3. The van der Waals surface area contributed by atoms with Gasteiger partial charge in [0.15, 0.2) is 0 Å². The van der Waals surface area contributed by atoms with E-state index in [1.165, 1.54) is 0 Å². The summed E-state index contributed by atoms with van der Waals surface area (Å²) in [5, 5.41) is 10.2. The molecule has 0 atom stereocenters. The molecule has 2 aromatic heterocycles. The van der Waals surface area contributed by atoms with E-state index in [1.807, 2.05) is 55.3 Å². The van der Waals surface area contributed by atoms with E-state index >= 15 is 0 Å². The molecule has 7 heteroatoms. The zero-order chi connectivity index (χ0) is 22.4. The molecule has 0 unspecified atom stereocenters. The van der Waals surface area contributed by atoms with Crippen LogP contribution in [0.15, 0.2) is 60.9 Å². The Hall–Kier alpha value is -3.32. The van der Waals surface area contributed by atoms with E-state index in [0.717, 1.165) is 5.56 Å². The molecule has 0 saturated heterocycles. The number of nitrogens with zero attached hydrogens (tertiary/aromatic N) is 5. The first-order valence-corrected chi connectivity index (χ1v) is 10.4. The largest absolute Gasteiger partial charge is 0.384 e. The van der Waals surface area contributed by atoms with Crippen molar-refractivity contribution < 1.29 is 9.90 Å². The highest BCUT2D eigenvalue weighted by molar-refractivity contribution is 5.99. The van der Waals surface area contributed by atoms with Crippen LogP contribution in [0.4, 0.5) is 5.95 Å². The number of rotatable bonds is 8. The van der Waals surface area contributed by atoms with E-state index in [4.69, 9.17) is 0 Å². The smallest absolute Gasteiger partial charge is 0.256 e. The molecule has 0 bridgehead atoms. The van der Waals surface area contributed by atoms with Crippen LogP contribution in [0.5, 0.6) is 0 Å². The summed E-state index contributed by atoms with van der Waals surface area (Å²) in [7, 11) is 1.88. The predicted octanol–water partition coefficient (Wildman–Crippen LogP) is 3.36. The van der Waals surface area contributed by atoms with Crippen molar-refractivity contribution >= 4 is 11.9 Å². The van der Waals surface area contributed by atoms with Gasteiger partial charge in [-0.2, -0.15) is 0 Å². The Morgan fingerprint density at radius 1 is 1.00 bits per heavy atom. The molecule has 0 aliphatic heterocycles. The molecule has 0 fully saturated rings. The molecule has 3 rings (SSSR count). The minimum absolute atomic E-state index is 0.0611. The van der Waals surface area contributed by atoms with Gasteiger partial charge in [0.25, 0.3) is 5.91 Å². The number of pyridine rings is 1. The molecule has 162 valence electrons. The third-order valence-electron chi connectivity index (χ3n) is 5.07. The highest BCUT2D eigenvalue weighted by Crippen LogP contribution is 2.22. The number of hydrogen-bond donors (Lipinski definition) is 1. The lowest BCUT2D eigenvalue weighted by atomic mass is 10.0. The van der Waals surface area contributed by atoms with Crippen molar-refractivity contribution in [3.05, 3.63) is 72.2 Å². The highest BCUT2D eigenvalue weighted by Gasteiger charge is 2.21. The number of likely N-dealkylation sites (N-methyl/N-ethyl adjacent to an activating group) is 2. The number of benzene rings is 1. The van der Waals surface area contributed by atoms with Crippen molar-refractivity contribution in [2.24, 2.45) is 0 Å². The van der Waals surface area contributed by atoms with Crippen LogP contribution in [0.2, 0.25) is 0 Å². The van der Waals surface area contributed by atoms with Gasteiger partial charge in [-0.15, -0.1) is 0 Å². The normalized spacial score (nSPS) is 11.3. The van der Waals surface area contributed by atoms with Crippen LogP contribution in [-0.2, 0) is 5.60 Å². The Bertz CT molecular complexity index is 1020. The molecule has 3 aromatic rings. The second-order valence-electron chi connectivity index (χ2n) is 7.87. The zero-order valence-corrected chi connectivity index (χ0v) is 18.5. The standard InChI is InChI=1S/C24H29N5O2/c1-5-29(17-16-28(4)23-26-15-13-20(27-23)24(2,3)31)22(30)19-12-9-14-25-21(19)18-10-7-6-8-11-18/h6-15,31H,5,16-17H2,1-4H3. The number of carbonyl (C=O) groups is 1. The topological polar surface area (TPSA) is 82.5 Å². The van der Waals surface area contributed by atoms with Crippen molar-refractivity contribution in [3.63, 3.8) is 0 Å². The maximum absolute atomic E-state index is 13.3. The third-order valence-corrected chi connectivity index (χ3v) is 5.07. The van der Waals surface area contributed by atoms with Gasteiger partial charge in [0.05, 0.1) is 17.0 Å². The summed E-state index contributed by atoms with van der Waals surface area (Å²) >= 11 is 0. The van der Waals surface area contributed by atoms with E-state index in [2.05, 4.69) is 15.0 Å². The van der Waals surface area contributed by atoms with E-state index in [1.54, 1.807) is 43.3 Å². The van der Waals surface area contributed by atoms with Crippen LogP contribution in [-0.4, -0.2) is 57.5 Å². The first kappa shape index (κ1) is 22.4.